The van der Waals surface area contributed by atoms with Crippen molar-refractivity contribution in [3.63, 3.8) is 0 Å². The number of ether oxygens (including phenoxy) is 2. The van der Waals surface area contributed by atoms with Crippen LogP contribution in [0.3, 0.4) is 0 Å². The fourth-order valence-electron chi connectivity index (χ4n) is 3.42. The lowest BCUT2D eigenvalue weighted by Gasteiger charge is -2.40. The summed E-state index contributed by atoms with van der Waals surface area (Å²) in [5.74, 6) is 0.185. The number of hydrogen-bond acceptors (Lipinski definition) is 7. The Labute approximate surface area is 157 Å². The quantitative estimate of drug-likeness (QED) is 0.514. The molecule has 0 aromatic heterocycles. The van der Waals surface area contributed by atoms with Crippen molar-refractivity contribution in [2.45, 2.75) is 36.9 Å². The molecule has 2 aromatic carbocycles. The van der Waals surface area contributed by atoms with E-state index in [9.17, 15) is 25.5 Å². The first-order valence-corrected chi connectivity index (χ1v) is 8.72. The van der Waals surface area contributed by atoms with Crippen molar-refractivity contribution in [2.75, 3.05) is 13.7 Å². The molecule has 2 aromatic rings. The molecule has 1 fully saturated rings. The van der Waals surface area contributed by atoms with Crippen LogP contribution in [0.2, 0.25) is 0 Å². The van der Waals surface area contributed by atoms with Crippen LogP contribution in [0.25, 0.3) is 11.1 Å². The van der Waals surface area contributed by atoms with Gasteiger partial charge in [-0.15, -0.1) is 0 Å². The fourth-order valence-corrected chi connectivity index (χ4v) is 3.42. The van der Waals surface area contributed by atoms with Crippen molar-refractivity contribution in [2.24, 2.45) is 0 Å². The van der Waals surface area contributed by atoms with Crippen LogP contribution in [-0.4, -0.2) is 69.8 Å². The van der Waals surface area contributed by atoms with Gasteiger partial charge in [0.15, 0.2) is 11.5 Å². The summed E-state index contributed by atoms with van der Waals surface area (Å²) in [6, 6.07) is 12.9. The van der Waals surface area contributed by atoms with E-state index in [0.717, 1.165) is 11.1 Å². The number of hydrogen-bond donors (Lipinski definition) is 5. The second-order valence-electron chi connectivity index (χ2n) is 6.63. The normalized spacial score (nSPS) is 28.1. The van der Waals surface area contributed by atoms with Crippen molar-refractivity contribution in [3.8, 4) is 22.6 Å². The molecule has 27 heavy (non-hydrogen) atoms. The first kappa shape index (κ1) is 19.6. The molecule has 0 saturated carbocycles. The summed E-state index contributed by atoms with van der Waals surface area (Å²) in [7, 11) is 1.42. The number of aromatic hydroxyl groups is 1. The monoisotopic (exact) mass is 376 g/mol. The van der Waals surface area contributed by atoms with E-state index in [1.54, 1.807) is 6.07 Å². The highest BCUT2D eigenvalue weighted by Crippen LogP contribution is 2.37. The molecule has 146 valence electrons. The molecule has 0 amide bonds. The van der Waals surface area contributed by atoms with Crippen LogP contribution in [-0.2, 0) is 11.2 Å². The molecule has 1 aliphatic rings. The van der Waals surface area contributed by atoms with Crippen molar-refractivity contribution in [1.29, 1.82) is 0 Å². The van der Waals surface area contributed by atoms with Gasteiger partial charge in [0.05, 0.1) is 19.8 Å². The molecular weight excluding hydrogens is 352 g/mol. The van der Waals surface area contributed by atoms with E-state index >= 15 is 0 Å². The third-order valence-electron chi connectivity index (χ3n) is 4.87. The summed E-state index contributed by atoms with van der Waals surface area (Å²) in [6.07, 6.45) is -5.97. The number of rotatable bonds is 5. The maximum atomic E-state index is 10.4. The van der Waals surface area contributed by atoms with Crippen LogP contribution in [0.1, 0.15) is 5.56 Å². The number of benzene rings is 2. The zero-order valence-corrected chi connectivity index (χ0v) is 14.9. The third kappa shape index (κ3) is 3.92. The van der Waals surface area contributed by atoms with Crippen molar-refractivity contribution >= 4 is 0 Å². The van der Waals surface area contributed by atoms with E-state index in [4.69, 9.17) is 9.47 Å². The average molecular weight is 376 g/mol. The Morgan fingerprint density at radius 2 is 1.59 bits per heavy atom. The number of aliphatic hydroxyl groups is 4. The van der Waals surface area contributed by atoms with Gasteiger partial charge < -0.3 is 35.0 Å². The van der Waals surface area contributed by atoms with Gasteiger partial charge in [-0.05, 0) is 23.3 Å². The smallest absolute Gasteiger partial charge is 0.163 e. The van der Waals surface area contributed by atoms with Gasteiger partial charge in [0.2, 0.25) is 0 Å². The highest BCUT2D eigenvalue weighted by atomic mass is 16.5. The topological polar surface area (TPSA) is 120 Å². The molecule has 5 N–H and O–H groups in total. The van der Waals surface area contributed by atoms with Crippen LogP contribution in [0, 0.1) is 0 Å². The van der Waals surface area contributed by atoms with E-state index < -0.39 is 37.1 Å². The van der Waals surface area contributed by atoms with E-state index in [0.29, 0.717) is 5.56 Å². The summed E-state index contributed by atoms with van der Waals surface area (Å²) < 4.78 is 10.9. The maximum absolute atomic E-state index is 10.4. The minimum absolute atomic E-state index is 0.0570. The van der Waals surface area contributed by atoms with Crippen LogP contribution in [0.5, 0.6) is 11.5 Å². The minimum Gasteiger partial charge on any atom is -0.504 e. The van der Waals surface area contributed by atoms with Gasteiger partial charge in [-0.2, -0.15) is 0 Å². The Kier molecular flexibility index (Phi) is 5.98. The Balaban J connectivity index is 1.94. The average Bonchev–Trinajstić information content (AvgIpc) is 2.68. The summed E-state index contributed by atoms with van der Waals surface area (Å²) in [5, 5.41) is 49.9. The Morgan fingerprint density at radius 3 is 2.22 bits per heavy atom. The fraction of sp³-hybridized carbons (Fsp3) is 0.400. The molecule has 7 heteroatoms. The van der Waals surface area contributed by atoms with E-state index in [-0.39, 0.29) is 17.9 Å². The lowest BCUT2D eigenvalue weighted by Crippen LogP contribution is -2.59. The second kappa shape index (κ2) is 8.24. The first-order valence-electron chi connectivity index (χ1n) is 8.72. The van der Waals surface area contributed by atoms with Gasteiger partial charge in [0.1, 0.15) is 24.4 Å². The molecular formula is C20H24O7. The van der Waals surface area contributed by atoms with E-state index in [2.05, 4.69) is 0 Å². The first-order chi connectivity index (χ1) is 13.0. The predicted octanol–water partition coefficient (Wildman–Crippen LogP) is 0.453. The summed E-state index contributed by atoms with van der Waals surface area (Å²) >= 11 is 0. The van der Waals surface area contributed by atoms with Gasteiger partial charge in [0.25, 0.3) is 0 Å². The number of methoxy groups -OCH3 is 1. The molecule has 1 heterocycles. The maximum Gasteiger partial charge on any atom is 0.163 e. The van der Waals surface area contributed by atoms with Gasteiger partial charge in [-0.3, -0.25) is 0 Å². The number of phenolic OH excluding ortho intramolecular Hbond substituents is 1. The number of phenols is 1. The molecule has 3 rings (SSSR count). The molecule has 1 aliphatic heterocycles. The summed E-state index contributed by atoms with van der Waals surface area (Å²) in [5.41, 5.74) is 2.22. The standard InChI is InChI=1S/C20H24O7/c1-26-20-13(7-12(8-14(20)22)11-5-3-2-4-6-11)9-15-17(23)19(25)18(24)16(10-21)27-15/h2-8,15-19,21-25H,9-10H2,1H3/t15-,16+,17-,18+,19+/m0/s1. The molecule has 7 nitrogen and oxygen atoms in total. The minimum atomic E-state index is -1.45. The van der Waals surface area contributed by atoms with Gasteiger partial charge in [-0.25, -0.2) is 0 Å². The van der Waals surface area contributed by atoms with Crippen molar-refractivity contribution in [1.82, 2.24) is 0 Å². The molecule has 0 bridgehead atoms. The van der Waals surface area contributed by atoms with Gasteiger partial charge in [0, 0.05) is 12.0 Å². The highest BCUT2D eigenvalue weighted by Gasteiger charge is 2.43. The second-order valence-corrected chi connectivity index (χ2v) is 6.63. The molecule has 0 aliphatic carbocycles. The van der Waals surface area contributed by atoms with Crippen LogP contribution < -0.4 is 4.74 Å². The Morgan fingerprint density at radius 1 is 0.926 bits per heavy atom. The molecule has 0 spiro atoms. The largest absolute Gasteiger partial charge is 0.504 e. The van der Waals surface area contributed by atoms with Crippen LogP contribution in [0.4, 0.5) is 0 Å². The summed E-state index contributed by atoms with van der Waals surface area (Å²) in [4.78, 5) is 0. The van der Waals surface area contributed by atoms with Crippen molar-refractivity contribution < 1.29 is 35.0 Å². The number of aliphatic hydroxyl groups excluding tert-OH is 4. The Bertz CT molecular complexity index is 762. The van der Waals surface area contributed by atoms with Gasteiger partial charge in [-0.1, -0.05) is 30.3 Å². The van der Waals surface area contributed by atoms with E-state index in [1.807, 2.05) is 36.4 Å². The molecule has 0 radical (unpaired) electrons. The summed E-state index contributed by atoms with van der Waals surface area (Å²) in [6.45, 7) is -0.492. The molecule has 1 saturated heterocycles. The van der Waals surface area contributed by atoms with Gasteiger partial charge >= 0.3 is 0 Å². The zero-order valence-electron chi connectivity index (χ0n) is 14.9. The lowest BCUT2D eigenvalue weighted by atomic mass is 9.90. The van der Waals surface area contributed by atoms with Crippen LogP contribution in [0.15, 0.2) is 42.5 Å². The molecule has 5 atom stereocenters. The zero-order chi connectivity index (χ0) is 19.6. The molecule has 0 unspecified atom stereocenters. The van der Waals surface area contributed by atoms with E-state index in [1.165, 1.54) is 7.11 Å². The lowest BCUT2D eigenvalue weighted by molar-refractivity contribution is -0.228. The van der Waals surface area contributed by atoms with Crippen molar-refractivity contribution in [3.05, 3.63) is 48.0 Å². The Hall–Kier alpha value is -2.16. The third-order valence-corrected chi connectivity index (χ3v) is 4.87. The highest BCUT2D eigenvalue weighted by molar-refractivity contribution is 5.69. The SMILES string of the molecule is COc1c(O)cc(-c2ccccc2)cc1C[C@@H]1O[C@H](CO)[C@@H](O)[C@H](O)[C@H]1O. The predicted molar refractivity (Wildman–Crippen MR) is 97.6 cm³/mol. The van der Waals surface area contributed by atoms with Crippen LogP contribution >= 0.6 is 0 Å².